The van der Waals surface area contributed by atoms with Crippen molar-refractivity contribution in [2.24, 2.45) is 4.99 Å². The number of guanidine groups is 1. The van der Waals surface area contributed by atoms with Gasteiger partial charge >= 0.3 is 0 Å². The largest absolute Gasteiger partial charge is 0.490 e. The van der Waals surface area contributed by atoms with Crippen molar-refractivity contribution in [3.05, 3.63) is 48.5 Å². The predicted octanol–water partition coefficient (Wildman–Crippen LogP) is 3.89. The van der Waals surface area contributed by atoms with E-state index in [4.69, 9.17) is 9.47 Å². The lowest BCUT2D eigenvalue weighted by Gasteiger charge is -2.14. The fourth-order valence-corrected chi connectivity index (χ4v) is 3.81. The van der Waals surface area contributed by atoms with Crippen molar-refractivity contribution in [3.8, 4) is 11.5 Å². The van der Waals surface area contributed by atoms with Gasteiger partial charge in [-0.15, -0.1) is 35.7 Å². The zero-order chi connectivity index (χ0) is 21.3. The number of ether oxygens (including phenoxy) is 2. The lowest BCUT2D eigenvalue weighted by atomic mass is 10.3. The standard InChI is InChI=1S/C23H28N4O3S.HI/c28-22(26-17-7-8-17)16-25-23(24-11-14-31-19-5-2-1-3-6-19)27-18-9-10-20-21(15-18)30-13-4-12-29-20;/h1-3,5-6,9-10,15,17H,4,7-8,11-14,16H2,(H,26,28)(H2,24,25,27);1H. The lowest BCUT2D eigenvalue weighted by Crippen LogP contribution is -2.35. The third kappa shape index (κ3) is 8.09. The van der Waals surface area contributed by atoms with Crippen molar-refractivity contribution in [2.75, 3.05) is 37.4 Å². The maximum absolute atomic E-state index is 12.1. The van der Waals surface area contributed by atoms with Crippen LogP contribution in [0.25, 0.3) is 0 Å². The number of carbonyl (C=O) groups excluding carboxylic acids is 1. The monoisotopic (exact) mass is 568 g/mol. The second kappa shape index (κ2) is 12.8. The quantitative estimate of drug-likeness (QED) is 0.147. The Hall–Kier alpha value is -2.14. The summed E-state index contributed by atoms with van der Waals surface area (Å²) in [6, 6.07) is 16.3. The van der Waals surface area contributed by atoms with Gasteiger partial charge in [0.15, 0.2) is 17.5 Å². The Morgan fingerprint density at radius 1 is 1.06 bits per heavy atom. The van der Waals surface area contributed by atoms with Gasteiger partial charge in [0.05, 0.1) is 13.2 Å². The smallest absolute Gasteiger partial charge is 0.242 e. The number of carbonyl (C=O) groups is 1. The molecule has 0 atom stereocenters. The molecule has 1 fully saturated rings. The highest BCUT2D eigenvalue weighted by atomic mass is 127. The Morgan fingerprint density at radius 2 is 1.84 bits per heavy atom. The number of thioether (sulfide) groups is 1. The molecule has 0 unspecified atom stereocenters. The predicted molar refractivity (Wildman–Crippen MR) is 140 cm³/mol. The number of halogens is 1. The Labute approximate surface area is 210 Å². The number of nitrogens with zero attached hydrogens (tertiary/aromatic N) is 1. The van der Waals surface area contributed by atoms with Crippen molar-refractivity contribution in [1.82, 2.24) is 10.6 Å². The lowest BCUT2D eigenvalue weighted by molar-refractivity contribution is -0.119. The van der Waals surface area contributed by atoms with Crippen LogP contribution < -0.4 is 25.4 Å². The average molecular weight is 568 g/mol. The molecule has 0 radical (unpaired) electrons. The van der Waals surface area contributed by atoms with E-state index >= 15 is 0 Å². The van der Waals surface area contributed by atoms with Gasteiger partial charge in [0.2, 0.25) is 5.91 Å². The van der Waals surface area contributed by atoms with E-state index < -0.39 is 0 Å². The number of hydrogen-bond acceptors (Lipinski definition) is 5. The first-order chi connectivity index (χ1) is 15.3. The summed E-state index contributed by atoms with van der Waals surface area (Å²) >= 11 is 1.77. The average Bonchev–Trinajstić information content (AvgIpc) is 3.62. The van der Waals surface area contributed by atoms with Crippen LogP contribution in [-0.2, 0) is 4.79 Å². The van der Waals surface area contributed by atoms with Crippen molar-refractivity contribution in [2.45, 2.75) is 30.2 Å². The van der Waals surface area contributed by atoms with Crippen LogP contribution in [0.15, 0.2) is 58.4 Å². The van der Waals surface area contributed by atoms with E-state index in [0.717, 1.165) is 36.5 Å². The van der Waals surface area contributed by atoms with E-state index in [9.17, 15) is 4.79 Å². The molecule has 1 saturated carbocycles. The van der Waals surface area contributed by atoms with Crippen LogP contribution >= 0.6 is 35.7 Å². The summed E-state index contributed by atoms with van der Waals surface area (Å²) in [7, 11) is 0. The molecule has 1 heterocycles. The van der Waals surface area contributed by atoms with Gasteiger partial charge in [0.25, 0.3) is 0 Å². The van der Waals surface area contributed by atoms with Crippen LogP contribution in [0.2, 0.25) is 0 Å². The fourth-order valence-electron chi connectivity index (χ4n) is 3.02. The summed E-state index contributed by atoms with van der Waals surface area (Å²) in [6.45, 7) is 2.08. The number of rotatable bonds is 8. The first-order valence-corrected chi connectivity index (χ1v) is 11.7. The molecule has 0 spiro atoms. The van der Waals surface area contributed by atoms with Gasteiger partial charge < -0.3 is 25.4 Å². The molecular formula is C23H29IN4O3S. The molecule has 2 aliphatic rings. The second-order valence-electron chi connectivity index (χ2n) is 7.43. The number of hydrogen-bond donors (Lipinski definition) is 3. The van der Waals surface area contributed by atoms with Crippen LogP contribution in [0.3, 0.4) is 0 Å². The summed E-state index contributed by atoms with van der Waals surface area (Å²) in [6.07, 6.45) is 2.99. The van der Waals surface area contributed by atoms with Gasteiger partial charge in [-0.25, -0.2) is 4.99 Å². The molecule has 1 aliphatic carbocycles. The maximum Gasteiger partial charge on any atom is 0.242 e. The van der Waals surface area contributed by atoms with Gasteiger partial charge in [-0.2, -0.15) is 0 Å². The number of amides is 1. The van der Waals surface area contributed by atoms with Gasteiger partial charge in [-0.05, 0) is 37.1 Å². The van der Waals surface area contributed by atoms with Crippen LogP contribution in [0.1, 0.15) is 19.3 Å². The minimum Gasteiger partial charge on any atom is -0.490 e. The van der Waals surface area contributed by atoms with E-state index in [0.29, 0.717) is 37.5 Å². The summed E-state index contributed by atoms with van der Waals surface area (Å²) < 4.78 is 11.5. The van der Waals surface area contributed by atoms with Crippen molar-refractivity contribution < 1.29 is 14.3 Å². The molecule has 4 rings (SSSR count). The zero-order valence-corrected chi connectivity index (χ0v) is 21.0. The highest BCUT2D eigenvalue weighted by Gasteiger charge is 2.22. The normalized spacial score (nSPS) is 15.2. The molecule has 0 bridgehead atoms. The number of fused-ring (bicyclic) bond motifs is 1. The molecule has 172 valence electrons. The maximum atomic E-state index is 12.1. The van der Waals surface area contributed by atoms with Gasteiger partial charge in [0, 0.05) is 41.4 Å². The molecule has 9 heteroatoms. The molecule has 0 aromatic heterocycles. The summed E-state index contributed by atoms with van der Waals surface area (Å²) in [5, 5.41) is 9.58. The Kier molecular flexibility index (Phi) is 9.79. The molecule has 32 heavy (non-hydrogen) atoms. The SMILES string of the molecule is I.O=C(CN=C(NCCSc1ccccc1)Nc1ccc2c(c1)OCCCO2)NC1CC1. The molecule has 1 aliphatic heterocycles. The van der Waals surface area contributed by atoms with E-state index in [1.54, 1.807) is 11.8 Å². The van der Waals surface area contributed by atoms with E-state index in [2.05, 4.69) is 33.1 Å². The molecule has 0 saturated heterocycles. The minimum atomic E-state index is -0.0547. The Morgan fingerprint density at radius 3 is 2.62 bits per heavy atom. The van der Waals surface area contributed by atoms with Crippen LogP contribution in [0.5, 0.6) is 11.5 Å². The van der Waals surface area contributed by atoms with Crippen LogP contribution in [0, 0.1) is 0 Å². The molecular weight excluding hydrogens is 539 g/mol. The number of aliphatic imine (C=N–C) groups is 1. The van der Waals surface area contributed by atoms with Crippen molar-refractivity contribution in [3.63, 3.8) is 0 Å². The summed E-state index contributed by atoms with van der Waals surface area (Å²) in [5.74, 6) is 2.85. The first kappa shape index (κ1) is 24.5. The van der Waals surface area contributed by atoms with Crippen molar-refractivity contribution >= 4 is 53.3 Å². The third-order valence-electron chi connectivity index (χ3n) is 4.74. The Balaban J connectivity index is 0.00000289. The molecule has 1 amide bonds. The molecule has 2 aromatic rings. The van der Waals surface area contributed by atoms with Gasteiger partial charge in [0.1, 0.15) is 6.54 Å². The zero-order valence-electron chi connectivity index (χ0n) is 17.8. The van der Waals surface area contributed by atoms with E-state index in [1.165, 1.54) is 4.90 Å². The summed E-state index contributed by atoms with van der Waals surface area (Å²) in [5.41, 5.74) is 0.828. The minimum absolute atomic E-state index is 0. The summed E-state index contributed by atoms with van der Waals surface area (Å²) in [4.78, 5) is 17.8. The molecule has 2 aromatic carbocycles. The van der Waals surface area contributed by atoms with Crippen LogP contribution in [-0.4, -0.2) is 50.0 Å². The van der Waals surface area contributed by atoms with Crippen LogP contribution in [0.4, 0.5) is 5.69 Å². The van der Waals surface area contributed by atoms with E-state index in [-0.39, 0.29) is 36.4 Å². The third-order valence-corrected chi connectivity index (χ3v) is 5.75. The van der Waals surface area contributed by atoms with Gasteiger partial charge in [-0.1, -0.05) is 18.2 Å². The van der Waals surface area contributed by atoms with E-state index in [1.807, 2.05) is 36.4 Å². The second-order valence-corrected chi connectivity index (χ2v) is 8.60. The topological polar surface area (TPSA) is 84.0 Å². The Bertz CT molecular complexity index is 909. The fraction of sp³-hybridized carbons (Fsp3) is 0.391. The van der Waals surface area contributed by atoms with Gasteiger partial charge in [-0.3, -0.25) is 4.79 Å². The number of anilines is 1. The number of nitrogens with one attached hydrogen (secondary N) is 3. The van der Waals surface area contributed by atoms with Crippen molar-refractivity contribution in [1.29, 1.82) is 0 Å². The molecule has 3 N–H and O–H groups in total. The highest BCUT2D eigenvalue weighted by Crippen LogP contribution is 2.32. The molecule has 7 nitrogen and oxygen atoms in total. The number of benzene rings is 2. The highest BCUT2D eigenvalue weighted by molar-refractivity contribution is 14.0. The first-order valence-electron chi connectivity index (χ1n) is 10.7.